The van der Waals surface area contributed by atoms with E-state index in [1.807, 2.05) is 0 Å². The molecule has 0 bridgehead atoms. The molecule has 0 spiro atoms. The lowest BCUT2D eigenvalue weighted by Gasteiger charge is -2.05. The van der Waals surface area contributed by atoms with Crippen molar-refractivity contribution in [2.75, 3.05) is 0 Å². The van der Waals surface area contributed by atoms with Crippen LogP contribution in [0.3, 0.4) is 0 Å². The second-order valence-electron chi connectivity index (χ2n) is 4.22. The topological polar surface area (TPSA) is 25.8 Å². The molecule has 94 valence electrons. The summed E-state index contributed by atoms with van der Waals surface area (Å²) in [6.07, 6.45) is 1.82. The summed E-state index contributed by atoms with van der Waals surface area (Å²) >= 11 is 5.96. The Balaban J connectivity index is 2.46. The lowest BCUT2D eigenvalue weighted by molar-refractivity contribution is 0.619. The first-order valence-electron chi connectivity index (χ1n) is 5.90. The Labute approximate surface area is 111 Å². The maximum absolute atomic E-state index is 13.5. The largest absolute Gasteiger partial charge is 0.233 e. The lowest BCUT2D eigenvalue weighted by atomic mass is 10.1. The molecule has 0 radical (unpaired) electrons. The fourth-order valence-corrected chi connectivity index (χ4v) is 1.92. The molecular formula is C14H14ClFN2. The van der Waals surface area contributed by atoms with Crippen LogP contribution >= 0.6 is 11.6 Å². The monoisotopic (exact) mass is 264 g/mol. The number of rotatable bonds is 3. The van der Waals surface area contributed by atoms with Crippen molar-refractivity contribution in [2.24, 2.45) is 0 Å². The highest BCUT2D eigenvalue weighted by Crippen LogP contribution is 2.21. The minimum atomic E-state index is -0.256. The van der Waals surface area contributed by atoms with Crippen LogP contribution in [0.5, 0.6) is 0 Å². The molecule has 0 saturated heterocycles. The number of nitrogens with zero attached hydrogens (tertiary/aromatic N) is 2. The summed E-state index contributed by atoms with van der Waals surface area (Å²) < 4.78 is 13.5. The minimum absolute atomic E-state index is 0.256. The van der Waals surface area contributed by atoms with E-state index in [1.165, 1.54) is 6.07 Å². The van der Waals surface area contributed by atoms with Crippen molar-refractivity contribution in [3.8, 4) is 11.4 Å². The Kier molecular flexibility index (Phi) is 3.92. The first-order valence-corrected chi connectivity index (χ1v) is 6.28. The summed E-state index contributed by atoms with van der Waals surface area (Å²) in [7, 11) is 0. The van der Waals surface area contributed by atoms with Gasteiger partial charge in [0.25, 0.3) is 0 Å². The molecular weight excluding hydrogens is 251 g/mol. The van der Waals surface area contributed by atoms with Gasteiger partial charge in [0.1, 0.15) is 11.0 Å². The molecule has 1 aromatic carbocycles. The Morgan fingerprint density at radius 1 is 1.22 bits per heavy atom. The van der Waals surface area contributed by atoms with E-state index >= 15 is 0 Å². The molecule has 0 atom stereocenters. The smallest absolute Gasteiger partial charge is 0.161 e. The molecule has 0 aliphatic rings. The van der Waals surface area contributed by atoms with Crippen LogP contribution in [0.4, 0.5) is 4.39 Å². The van der Waals surface area contributed by atoms with Gasteiger partial charge in [-0.05, 0) is 31.0 Å². The predicted octanol–water partition coefficient (Wildman–Crippen LogP) is 4.20. The van der Waals surface area contributed by atoms with Crippen molar-refractivity contribution < 1.29 is 4.39 Å². The third-order valence-electron chi connectivity index (χ3n) is 2.68. The van der Waals surface area contributed by atoms with E-state index < -0.39 is 0 Å². The van der Waals surface area contributed by atoms with Crippen LogP contribution in [0, 0.1) is 12.7 Å². The summed E-state index contributed by atoms with van der Waals surface area (Å²) in [5, 5.41) is 0.393. The van der Waals surface area contributed by atoms with Crippen LogP contribution in [0.1, 0.15) is 24.6 Å². The maximum atomic E-state index is 13.5. The van der Waals surface area contributed by atoms with Gasteiger partial charge >= 0.3 is 0 Å². The molecule has 0 amide bonds. The molecule has 0 fully saturated rings. The zero-order valence-corrected chi connectivity index (χ0v) is 11.1. The van der Waals surface area contributed by atoms with Gasteiger partial charge in [-0.1, -0.05) is 37.1 Å². The second kappa shape index (κ2) is 5.44. The molecule has 0 aliphatic heterocycles. The minimum Gasteiger partial charge on any atom is -0.233 e. The Bertz CT molecular complexity index is 570. The van der Waals surface area contributed by atoms with Gasteiger partial charge in [0.05, 0.1) is 0 Å². The average Bonchev–Trinajstić information content (AvgIpc) is 2.32. The van der Waals surface area contributed by atoms with Gasteiger partial charge in [-0.15, -0.1) is 0 Å². The quantitative estimate of drug-likeness (QED) is 0.777. The van der Waals surface area contributed by atoms with Crippen LogP contribution in [-0.4, -0.2) is 9.97 Å². The molecule has 1 heterocycles. The summed E-state index contributed by atoms with van der Waals surface area (Å²) in [5.41, 5.74) is 2.14. The lowest BCUT2D eigenvalue weighted by Crippen LogP contribution is -1.97. The molecule has 0 aliphatic carbocycles. The van der Waals surface area contributed by atoms with Gasteiger partial charge in [0.2, 0.25) is 0 Å². The Morgan fingerprint density at radius 3 is 2.67 bits per heavy atom. The van der Waals surface area contributed by atoms with E-state index in [-0.39, 0.29) is 5.82 Å². The van der Waals surface area contributed by atoms with E-state index in [0.29, 0.717) is 22.1 Å². The molecule has 1 aromatic heterocycles. The van der Waals surface area contributed by atoms with Crippen molar-refractivity contribution in [3.05, 3.63) is 46.5 Å². The molecule has 0 saturated carbocycles. The first-order chi connectivity index (χ1) is 8.60. The predicted molar refractivity (Wildman–Crippen MR) is 71.2 cm³/mol. The van der Waals surface area contributed by atoms with Crippen LogP contribution < -0.4 is 0 Å². The van der Waals surface area contributed by atoms with Crippen LogP contribution in [0.25, 0.3) is 11.4 Å². The van der Waals surface area contributed by atoms with Gasteiger partial charge < -0.3 is 0 Å². The van der Waals surface area contributed by atoms with Gasteiger partial charge in [-0.3, -0.25) is 0 Å². The molecule has 0 N–H and O–H groups in total. The van der Waals surface area contributed by atoms with E-state index in [1.54, 1.807) is 25.1 Å². The van der Waals surface area contributed by atoms with Crippen molar-refractivity contribution in [1.29, 1.82) is 0 Å². The fourth-order valence-electron chi connectivity index (χ4n) is 1.71. The fraction of sp³-hybridized carbons (Fsp3) is 0.286. The third kappa shape index (κ3) is 2.85. The molecule has 0 unspecified atom stereocenters. The van der Waals surface area contributed by atoms with Crippen LogP contribution in [0.15, 0.2) is 24.3 Å². The highest BCUT2D eigenvalue weighted by molar-refractivity contribution is 6.29. The van der Waals surface area contributed by atoms with Gasteiger partial charge in [0.15, 0.2) is 5.82 Å². The highest BCUT2D eigenvalue weighted by Gasteiger charge is 2.07. The van der Waals surface area contributed by atoms with E-state index in [4.69, 9.17) is 11.6 Å². The Morgan fingerprint density at radius 2 is 2.00 bits per heavy atom. The summed E-state index contributed by atoms with van der Waals surface area (Å²) in [6.45, 7) is 3.79. The molecule has 2 aromatic rings. The zero-order valence-electron chi connectivity index (χ0n) is 10.4. The number of aryl methyl sites for hydroxylation is 2. The number of halogens is 2. The van der Waals surface area contributed by atoms with Crippen molar-refractivity contribution in [2.45, 2.75) is 26.7 Å². The van der Waals surface area contributed by atoms with E-state index in [0.717, 1.165) is 18.5 Å². The third-order valence-corrected chi connectivity index (χ3v) is 2.88. The molecule has 18 heavy (non-hydrogen) atoms. The Hall–Kier alpha value is -1.48. The number of benzene rings is 1. The van der Waals surface area contributed by atoms with Gasteiger partial charge in [-0.25, -0.2) is 14.4 Å². The van der Waals surface area contributed by atoms with E-state index in [2.05, 4.69) is 16.9 Å². The molecule has 4 heteroatoms. The number of hydrogen-bond acceptors (Lipinski definition) is 2. The summed E-state index contributed by atoms with van der Waals surface area (Å²) in [5.74, 6) is 0.220. The van der Waals surface area contributed by atoms with E-state index in [9.17, 15) is 4.39 Å². The summed E-state index contributed by atoms with van der Waals surface area (Å²) in [6, 6.07) is 6.71. The average molecular weight is 265 g/mol. The second-order valence-corrected chi connectivity index (χ2v) is 4.61. The standard InChI is InChI=1S/C14H14ClFN2/c1-3-4-11-8-13(15)18-14(17-11)10-6-5-9(2)12(16)7-10/h5-8H,3-4H2,1-2H3. The van der Waals surface area contributed by atoms with Crippen LogP contribution in [0.2, 0.25) is 5.15 Å². The number of aromatic nitrogens is 2. The number of hydrogen-bond donors (Lipinski definition) is 0. The SMILES string of the molecule is CCCc1cc(Cl)nc(-c2ccc(C)c(F)c2)n1. The van der Waals surface area contributed by atoms with Gasteiger partial charge in [0, 0.05) is 11.3 Å². The van der Waals surface area contributed by atoms with Crippen molar-refractivity contribution in [3.63, 3.8) is 0 Å². The van der Waals surface area contributed by atoms with Crippen LogP contribution in [-0.2, 0) is 6.42 Å². The van der Waals surface area contributed by atoms with Crippen molar-refractivity contribution >= 4 is 11.6 Å². The molecule has 2 nitrogen and oxygen atoms in total. The zero-order chi connectivity index (χ0) is 13.1. The van der Waals surface area contributed by atoms with Crippen molar-refractivity contribution in [1.82, 2.24) is 9.97 Å². The highest BCUT2D eigenvalue weighted by atomic mass is 35.5. The normalized spacial score (nSPS) is 10.7. The summed E-state index contributed by atoms with van der Waals surface area (Å²) in [4.78, 5) is 8.55. The maximum Gasteiger partial charge on any atom is 0.161 e. The molecule has 2 rings (SSSR count). The first kappa shape index (κ1) is 13.0. The van der Waals surface area contributed by atoms with Gasteiger partial charge in [-0.2, -0.15) is 0 Å².